The van der Waals surface area contributed by atoms with Gasteiger partial charge >= 0.3 is 5.97 Å². The van der Waals surface area contributed by atoms with E-state index in [1.165, 1.54) is 0 Å². The quantitative estimate of drug-likeness (QED) is 0.774. The first kappa shape index (κ1) is 13.9. The van der Waals surface area contributed by atoms with E-state index in [1.807, 2.05) is 0 Å². The molecule has 0 fully saturated rings. The van der Waals surface area contributed by atoms with Gasteiger partial charge in [-0.05, 0) is 30.5 Å². The summed E-state index contributed by atoms with van der Waals surface area (Å²) in [6.07, 6.45) is 1.01. The van der Waals surface area contributed by atoms with Gasteiger partial charge in [-0.3, -0.25) is 4.79 Å². The number of benzene rings is 1. The van der Waals surface area contributed by atoms with Crippen LogP contribution in [0.2, 0.25) is 0 Å². The third-order valence-corrected chi connectivity index (χ3v) is 2.00. The number of aliphatic carboxylic acids is 1. The van der Waals surface area contributed by atoms with Gasteiger partial charge in [0.15, 0.2) is 0 Å². The average Bonchev–Trinajstić information content (AvgIpc) is 2.16. The van der Waals surface area contributed by atoms with Crippen molar-refractivity contribution in [2.24, 2.45) is 5.73 Å². The number of hydrogen-bond donors (Lipinski definition) is 3. The van der Waals surface area contributed by atoms with E-state index < -0.39 is 12.0 Å². The number of phenols is 1. The molecule has 5 heteroatoms. The molecular formula is C10H14BrNO3. The SMILES string of the molecule is Br.N[C@H](CCc1ccc(O)cc1)C(=O)O. The third kappa shape index (κ3) is 4.80. The Morgan fingerprint density at radius 1 is 1.33 bits per heavy atom. The maximum atomic E-state index is 10.4. The third-order valence-electron chi connectivity index (χ3n) is 2.00. The van der Waals surface area contributed by atoms with E-state index >= 15 is 0 Å². The van der Waals surface area contributed by atoms with Crippen LogP contribution < -0.4 is 5.73 Å². The van der Waals surface area contributed by atoms with Crippen LogP contribution in [0.15, 0.2) is 24.3 Å². The van der Waals surface area contributed by atoms with Gasteiger partial charge in [0, 0.05) is 0 Å². The zero-order valence-corrected chi connectivity index (χ0v) is 9.80. The van der Waals surface area contributed by atoms with Gasteiger partial charge in [-0.2, -0.15) is 0 Å². The summed E-state index contributed by atoms with van der Waals surface area (Å²) >= 11 is 0. The fraction of sp³-hybridized carbons (Fsp3) is 0.300. The molecule has 0 aliphatic rings. The predicted molar refractivity (Wildman–Crippen MR) is 62.4 cm³/mol. The molecule has 0 saturated heterocycles. The van der Waals surface area contributed by atoms with Gasteiger partial charge in [-0.15, -0.1) is 17.0 Å². The van der Waals surface area contributed by atoms with Crippen LogP contribution >= 0.6 is 17.0 Å². The molecule has 4 nitrogen and oxygen atoms in total. The van der Waals surface area contributed by atoms with Gasteiger partial charge in [-0.25, -0.2) is 0 Å². The lowest BCUT2D eigenvalue weighted by Gasteiger charge is -2.05. The van der Waals surface area contributed by atoms with Crippen molar-refractivity contribution < 1.29 is 15.0 Å². The molecule has 1 aromatic rings. The molecule has 15 heavy (non-hydrogen) atoms. The highest BCUT2D eigenvalue weighted by atomic mass is 79.9. The van der Waals surface area contributed by atoms with E-state index in [0.29, 0.717) is 12.8 Å². The van der Waals surface area contributed by atoms with Crippen LogP contribution in [-0.4, -0.2) is 22.2 Å². The first-order valence-corrected chi connectivity index (χ1v) is 4.36. The number of carboxylic acids is 1. The molecular weight excluding hydrogens is 262 g/mol. The van der Waals surface area contributed by atoms with Gasteiger partial charge in [0.1, 0.15) is 11.8 Å². The largest absolute Gasteiger partial charge is 0.508 e. The van der Waals surface area contributed by atoms with Crippen molar-refractivity contribution in [2.75, 3.05) is 0 Å². The fourth-order valence-electron chi connectivity index (χ4n) is 1.11. The van der Waals surface area contributed by atoms with Crippen LogP contribution in [0.3, 0.4) is 0 Å². The number of aryl methyl sites for hydroxylation is 1. The molecule has 0 radical (unpaired) electrons. The molecule has 0 aliphatic heterocycles. The van der Waals surface area contributed by atoms with Crippen molar-refractivity contribution in [3.63, 3.8) is 0 Å². The Morgan fingerprint density at radius 3 is 2.33 bits per heavy atom. The number of carboxylic acid groups (broad SMARTS) is 1. The van der Waals surface area contributed by atoms with Crippen molar-refractivity contribution in [3.8, 4) is 5.75 Å². The van der Waals surface area contributed by atoms with E-state index in [2.05, 4.69) is 0 Å². The normalized spacial score (nSPS) is 11.5. The molecule has 0 aliphatic carbocycles. The standard InChI is InChI=1S/C10H13NO3.BrH/c11-9(10(13)14)6-3-7-1-4-8(12)5-2-7;/h1-2,4-5,9,12H,3,6,11H2,(H,13,14);1H/t9-;/m1./s1. The van der Waals surface area contributed by atoms with Gasteiger partial charge < -0.3 is 15.9 Å². The summed E-state index contributed by atoms with van der Waals surface area (Å²) in [5.41, 5.74) is 6.32. The summed E-state index contributed by atoms with van der Waals surface area (Å²) in [7, 11) is 0. The monoisotopic (exact) mass is 275 g/mol. The van der Waals surface area contributed by atoms with E-state index in [9.17, 15) is 4.79 Å². The van der Waals surface area contributed by atoms with Crippen LogP contribution in [0.1, 0.15) is 12.0 Å². The molecule has 1 aromatic carbocycles. The lowest BCUT2D eigenvalue weighted by molar-refractivity contribution is -0.138. The maximum Gasteiger partial charge on any atom is 0.320 e. The second-order valence-corrected chi connectivity index (χ2v) is 3.15. The molecule has 0 spiro atoms. The van der Waals surface area contributed by atoms with Crippen LogP contribution in [0.25, 0.3) is 0 Å². The summed E-state index contributed by atoms with van der Waals surface area (Å²) < 4.78 is 0. The van der Waals surface area contributed by atoms with Gasteiger partial charge in [0.2, 0.25) is 0 Å². The predicted octanol–water partition coefficient (Wildman–Crippen LogP) is 1.31. The highest BCUT2D eigenvalue weighted by Crippen LogP contribution is 2.11. The lowest BCUT2D eigenvalue weighted by atomic mass is 10.1. The van der Waals surface area contributed by atoms with E-state index in [4.69, 9.17) is 15.9 Å². The van der Waals surface area contributed by atoms with Gasteiger partial charge in [0.25, 0.3) is 0 Å². The van der Waals surface area contributed by atoms with Crippen LogP contribution in [-0.2, 0) is 11.2 Å². The van der Waals surface area contributed by atoms with Gasteiger partial charge in [-0.1, -0.05) is 12.1 Å². The van der Waals surface area contributed by atoms with Crippen molar-refractivity contribution in [3.05, 3.63) is 29.8 Å². The highest BCUT2D eigenvalue weighted by Gasteiger charge is 2.10. The van der Waals surface area contributed by atoms with Crippen molar-refractivity contribution in [2.45, 2.75) is 18.9 Å². The molecule has 0 bridgehead atoms. The molecule has 0 heterocycles. The first-order chi connectivity index (χ1) is 6.59. The Hall–Kier alpha value is -1.07. The summed E-state index contributed by atoms with van der Waals surface area (Å²) in [6.45, 7) is 0. The summed E-state index contributed by atoms with van der Waals surface area (Å²) in [4.78, 5) is 10.4. The van der Waals surface area contributed by atoms with Crippen LogP contribution in [0, 0.1) is 0 Å². The molecule has 4 N–H and O–H groups in total. The molecule has 0 unspecified atom stereocenters. The molecule has 0 aromatic heterocycles. The highest BCUT2D eigenvalue weighted by molar-refractivity contribution is 8.93. The Labute approximate surface area is 98.5 Å². The molecule has 1 rings (SSSR count). The molecule has 0 amide bonds. The zero-order valence-electron chi connectivity index (χ0n) is 8.09. The topological polar surface area (TPSA) is 83.5 Å². The minimum atomic E-state index is -0.983. The van der Waals surface area contributed by atoms with Crippen molar-refractivity contribution >= 4 is 23.0 Å². The smallest absolute Gasteiger partial charge is 0.320 e. The fourth-order valence-corrected chi connectivity index (χ4v) is 1.11. The number of aromatic hydroxyl groups is 1. The Kier molecular flexibility index (Phi) is 5.96. The van der Waals surface area contributed by atoms with E-state index in [-0.39, 0.29) is 22.7 Å². The van der Waals surface area contributed by atoms with Gasteiger partial charge in [0.05, 0.1) is 0 Å². The Morgan fingerprint density at radius 2 is 1.87 bits per heavy atom. The number of carbonyl (C=O) groups is 1. The average molecular weight is 276 g/mol. The molecule has 0 saturated carbocycles. The first-order valence-electron chi connectivity index (χ1n) is 4.36. The van der Waals surface area contributed by atoms with Crippen molar-refractivity contribution in [1.82, 2.24) is 0 Å². The summed E-state index contributed by atoms with van der Waals surface area (Å²) in [5.74, 6) is -0.778. The number of hydrogen-bond acceptors (Lipinski definition) is 3. The number of phenolic OH excluding ortho intramolecular Hbond substituents is 1. The van der Waals surface area contributed by atoms with Crippen LogP contribution in [0.5, 0.6) is 5.75 Å². The second kappa shape index (κ2) is 6.42. The van der Waals surface area contributed by atoms with Crippen LogP contribution in [0.4, 0.5) is 0 Å². The lowest BCUT2D eigenvalue weighted by Crippen LogP contribution is -2.30. The Balaban J connectivity index is 0.00000196. The molecule has 1 atom stereocenters. The summed E-state index contributed by atoms with van der Waals surface area (Å²) in [6, 6.07) is 5.83. The minimum absolute atomic E-state index is 0. The van der Waals surface area contributed by atoms with E-state index in [0.717, 1.165) is 5.56 Å². The molecule has 84 valence electrons. The number of rotatable bonds is 4. The minimum Gasteiger partial charge on any atom is -0.508 e. The zero-order chi connectivity index (χ0) is 10.6. The maximum absolute atomic E-state index is 10.4. The number of nitrogens with two attached hydrogens (primary N) is 1. The summed E-state index contributed by atoms with van der Waals surface area (Å²) in [5, 5.41) is 17.5. The van der Waals surface area contributed by atoms with E-state index in [1.54, 1.807) is 24.3 Å². The second-order valence-electron chi connectivity index (χ2n) is 3.15. The number of halogens is 1. The van der Waals surface area contributed by atoms with Crippen molar-refractivity contribution in [1.29, 1.82) is 0 Å². The Bertz CT molecular complexity index is 313.